The molecule has 0 unspecified atom stereocenters. The molecule has 0 fully saturated rings. The van der Waals surface area contributed by atoms with Gasteiger partial charge in [-0.2, -0.15) is 0 Å². The summed E-state index contributed by atoms with van der Waals surface area (Å²) in [5.74, 6) is 0.371. The summed E-state index contributed by atoms with van der Waals surface area (Å²) in [6.45, 7) is 5.13. The van der Waals surface area contributed by atoms with Crippen LogP contribution in [0.25, 0.3) is 0 Å². The van der Waals surface area contributed by atoms with Crippen LogP contribution in [-0.4, -0.2) is 11.7 Å². The number of aryl methyl sites for hydroxylation is 1. The molecule has 2 nitrogen and oxygen atoms in total. The summed E-state index contributed by atoms with van der Waals surface area (Å²) in [7, 11) is 0. The summed E-state index contributed by atoms with van der Waals surface area (Å²) in [4.78, 5) is 0. The van der Waals surface area contributed by atoms with Gasteiger partial charge in [-0.25, -0.2) is 0 Å². The maximum atomic E-state index is 9.53. The van der Waals surface area contributed by atoms with Crippen LogP contribution in [0.5, 0.6) is 5.75 Å². The Morgan fingerprint density at radius 1 is 1.12 bits per heavy atom. The number of hydrogen-bond donors (Lipinski definition) is 2. The van der Waals surface area contributed by atoms with Crippen LogP contribution >= 0.6 is 0 Å². The molecule has 0 aliphatic heterocycles. The Hall–Kier alpha value is -1.18. The molecule has 0 amide bonds. The third-order valence-electron chi connectivity index (χ3n) is 2.82. The smallest absolute Gasteiger partial charge is 0.120 e. The highest BCUT2D eigenvalue weighted by molar-refractivity contribution is 5.50. The predicted molar refractivity (Wildman–Crippen MR) is 70.1 cm³/mol. The molecule has 90 valence electrons. The molecule has 0 aromatic heterocycles. The molecule has 16 heavy (non-hydrogen) atoms. The second-order valence-corrected chi connectivity index (χ2v) is 4.34. The van der Waals surface area contributed by atoms with E-state index in [2.05, 4.69) is 12.2 Å². The summed E-state index contributed by atoms with van der Waals surface area (Å²) in [5.41, 5.74) is 1.94. The molecule has 1 aromatic rings. The lowest BCUT2D eigenvalue weighted by Gasteiger charge is -2.07. The van der Waals surface area contributed by atoms with Crippen molar-refractivity contribution in [1.82, 2.24) is 0 Å². The van der Waals surface area contributed by atoms with E-state index in [4.69, 9.17) is 0 Å². The molecule has 0 atom stereocenters. The summed E-state index contributed by atoms with van der Waals surface area (Å²) in [6, 6.07) is 5.75. The van der Waals surface area contributed by atoms with Crippen LogP contribution in [0.3, 0.4) is 0 Å². The Morgan fingerprint density at radius 3 is 2.56 bits per heavy atom. The fourth-order valence-corrected chi connectivity index (χ4v) is 1.68. The first-order chi connectivity index (χ1) is 7.74. The Balaban J connectivity index is 2.19. The van der Waals surface area contributed by atoms with Crippen LogP contribution in [0.1, 0.15) is 44.6 Å². The lowest BCUT2D eigenvalue weighted by Crippen LogP contribution is -2.01. The van der Waals surface area contributed by atoms with Gasteiger partial charge in [0.25, 0.3) is 0 Å². The van der Waals surface area contributed by atoms with Crippen molar-refractivity contribution in [2.75, 3.05) is 11.9 Å². The normalized spacial score (nSPS) is 10.4. The molecular formula is C14H23NO. The molecule has 0 saturated heterocycles. The Bertz CT molecular complexity index is 310. The van der Waals surface area contributed by atoms with E-state index in [0.717, 1.165) is 17.8 Å². The molecule has 0 aliphatic carbocycles. The fourth-order valence-electron chi connectivity index (χ4n) is 1.68. The number of anilines is 1. The highest BCUT2D eigenvalue weighted by atomic mass is 16.3. The van der Waals surface area contributed by atoms with Crippen LogP contribution < -0.4 is 5.32 Å². The lowest BCUT2D eigenvalue weighted by molar-refractivity contribution is 0.471. The Morgan fingerprint density at radius 2 is 1.88 bits per heavy atom. The number of nitrogens with one attached hydrogen (secondary N) is 1. The molecule has 0 aliphatic rings. The van der Waals surface area contributed by atoms with Gasteiger partial charge in [0.15, 0.2) is 0 Å². The van der Waals surface area contributed by atoms with Crippen molar-refractivity contribution in [1.29, 1.82) is 0 Å². The van der Waals surface area contributed by atoms with Gasteiger partial charge in [0.2, 0.25) is 0 Å². The third-order valence-corrected chi connectivity index (χ3v) is 2.82. The number of rotatable bonds is 7. The number of phenols is 1. The zero-order chi connectivity index (χ0) is 11.8. The van der Waals surface area contributed by atoms with E-state index in [0.29, 0.717) is 5.75 Å². The fraction of sp³-hybridized carbons (Fsp3) is 0.571. The molecule has 1 rings (SSSR count). The van der Waals surface area contributed by atoms with Crippen LogP contribution in [-0.2, 0) is 0 Å². The SMILES string of the molecule is CCCCCCCNc1ccc(C)c(O)c1. The summed E-state index contributed by atoms with van der Waals surface area (Å²) < 4.78 is 0. The second kappa shape index (κ2) is 7.15. The molecule has 0 bridgehead atoms. The highest BCUT2D eigenvalue weighted by Crippen LogP contribution is 2.20. The van der Waals surface area contributed by atoms with E-state index in [-0.39, 0.29) is 0 Å². The van der Waals surface area contributed by atoms with E-state index in [1.165, 1.54) is 32.1 Å². The minimum absolute atomic E-state index is 0.371. The zero-order valence-electron chi connectivity index (χ0n) is 10.4. The Kier molecular flexibility index (Phi) is 5.76. The van der Waals surface area contributed by atoms with Crippen molar-refractivity contribution in [2.45, 2.75) is 46.0 Å². The van der Waals surface area contributed by atoms with E-state index < -0.39 is 0 Å². The topological polar surface area (TPSA) is 32.3 Å². The first-order valence-electron chi connectivity index (χ1n) is 6.27. The first kappa shape index (κ1) is 12.9. The van der Waals surface area contributed by atoms with Crippen LogP contribution in [0, 0.1) is 6.92 Å². The molecule has 0 radical (unpaired) electrons. The van der Waals surface area contributed by atoms with Crippen molar-refractivity contribution < 1.29 is 5.11 Å². The zero-order valence-corrected chi connectivity index (χ0v) is 10.4. The van der Waals surface area contributed by atoms with Crippen molar-refractivity contribution in [2.24, 2.45) is 0 Å². The largest absolute Gasteiger partial charge is 0.508 e. The lowest BCUT2D eigenvalue weighted by atomic mass is 10.1. The summed E-state index contributed by atoms with van der Waals surface area (Å²) in [5, 5.41) is 12.9. The molecule has 0 heterocycles. The molecule has 0 spiro atoms. The van der Waals surface area contributed by atoms with Crippen molar-refractivity contribution in [3.05, 3.63) is 23.8 Å². The van der Waals surface area contributed by atoms with Gasteiger partial charge in [-0.05, 0) is 25.0 Å². The van der Waals surface area contributed by atoms with Gasteiger partial charge in [-0.15, -0.1) is 0 Å². The minimum Gasteiger partial charge on any atom is -0.508 e. The summed E-state index contributed by atoms with van der Waals surface area (Å²) in [6.07, 6.45) is 6.45. The van der Waals surface area contributed by atoms with Crippen molar-refractivity contribution in [3.63, 3.8) is 0 Å². The number of unbranched alkanes of at least 4 members (excludes halogenated alkanes) is 4. The number of phenolic OH excluding ortho intramolecular Hbond substituents is 1. The van der Waals surface area contributed by atoms with E-state index >= 15 is 0 Å². The highest BCUT2D eigenvalue weighted by Gasteiger charge is 1.97. The standard InChI is InChI=1S/C14H23NO/c1-3-4-5-6-7-10-15-13-9-8-12(2)14(16)11-13/h8-9,11,15-16H,3-7,10H2,1-2H3. The summed E-state index contributed by atoms with van der Waals surface area (Å²) >= 11 is 0. The van der Waals surface area contributed by atoms with Gasteiger partial charge in [-0.1, -0.05) is 38.7 Å². The molecule has 1 aromatic carbocycles. The molecular weight excluding hydrogens is 198 g/mol. The predicted octanol–water partition coefficient (Wildman–Crippen LogP) is 4.08. The third kappa shape index (κ3) is 4.56. The second-order valence-electron chi connectivity index (χ2n) is 4.34. The average Bonchev–Trinajstić information content (AvgIpc) is 2.28. The van der Waals surface area contributed by atoms with Gasteiger partial charge >= 0.3 is 0 Å². The van der Waals surface area contributed by atoms with Gasteiger partial charge in [0.1, 0.15) is 5.75 Å². The molecule has 2 N–H and O–H groups in total. The molecule has 2 heteroatoms. The minimum atomic E-state index is 0.371. The van der Waals surface area contributed by atoms with Crippen LogP contribution in [0.15, 0.2) is 18.2 Å². The van der Waals surface area contributed by atoms with E-state index in [1.54, 1.807) is 6.07 Å². The van der Waals surface area contributed by atoms with Gasteiger partial charge in [0.05, 0.1) is 0 Å². The van der Waals surface area contributed by atoms with Gasteiger partial charge in [-0.3, -0.25) is 0 Å². The van der Waals surface area contributed by atoms with Gasteiger partial charge < -0.3 is 10.4 Å². The van der Waals surface area contributed by atoms with E-state index in [1.807, 2.05) is 19.1 Å². The van der Waals surface area contributed by atoms with Crippen molar-refractivity contribution >= 4 is 5.69 Å². The number of hydrogen-bond acceptors (Lipinski definition) is 2. The maximum Gasteiger partial charge on any atom is 0.120 e. The monoisotopic (exact) mass is 221 g/mol. The average molecular weight is 221 g/mol. The van der Waals surface area contributed by atoms with Crippen molar-refractivity contribution in [3.8, 4) is 5.75 Å². The van der Waals surface area contributed by atoms with Crippen LogP contribution in [0.2, 0.25) is 0 Å². The Labute approximate surface area is 98.7 Å². The van der Waals surface area contributed by atoms with E-state index in [9.17, 15) is 5.11 Å². The first-order valence-corrected chi connectivity index (χ1v) is 6.27. The quantitative estimate of drug-likeness (QED) is 0.680. The number of benzene rings is 1. The molecule has 0 saturated carbocycles. The van der Waals surface area contributed by atoms with Gasteiger partial charge in [0, 0.05) is 18.3 Å². The number of aromatic hydroxyl groups is 1. The maximum absolute atomic E-state index is 9.53. The van der Waals surface area contributed by atoms with Crippen LogP contribution in [0.4, 0.5) is 5.69 Å².